The van der Waals surface area contributed by atoms with E-state index in [2.05, 4.69) is 41.7 Å². The lowest BCUT2D eigenvalue weighted by molar-refractivity contribution is 0.588. The molecule has 0 saturated carbocycles. The fraction of sp³-hybridized carbons (Fsp3) is 0. The summed E-state index contributed by atoms with van der Waals surface area (Å²) in [6.07, 6.45) is 0. The molecule has 1 heterocycles. The molecule has 0 bridgehead atoms. The van der Waals surface area contributed by atoms with Gasteiger partial charge in [0.2, 0.25) is 11.8 Å². The summed E-state index contributed by atoms with van der Waals surface area (Å²) in [5.41, 5.74) is -0.128. The Kier molecular flexibility index (Phi) is 4.90. The summed E-state index contributed by atoms with van der Waals surface area (Å²) in [5.74, 6) is -2.05. The Balaban J connectivity index is 1.88. The smallest absolute Gasteiger partial charge is 0.307 e. The lowest BCUT2D eigenvalue weighted by Crippen LogP contribution is -2.17. The van der Waals surface area contributed by atoms with E-state index in [0.717, 1.165) is 12.1 Å². The van der Waals surface area contributed by atoms with Crippen LogP contribution in [0.4, 0.5) is 31.9 Å². The summed E-state index contributed by atoms with van der Waals surface area (Å²) in [7, 11) is 0. The molecule has 3 aromatic rings. The molecule has 130 valence electrons. The topological polar surface area (TPSA) is 106 Å². The van der Waals surface area contributed by atoms with Crippen molar-refractivity contribution in [2.24, 2.45) is 0 Å². The minimum Gasteiger partial charge on any atom is -0.335 e. The molecule has 0 spiro atoms. The van der Waals surface area contributed by atoms with Crippen LogP contribution >= 0.6 is 15.9 Å². The van der Waals surface area contributed by atoms with Crippen LogP contribution in [0.2, 0.25) is 0 Å². The quantitative estimate of drug-likeness (QED) is 0.597. The van der Waals surface area contributed by atoms with Gasteiger partial charge in [-0.1, -0.05) is 15.9 Å². The molecule has 10 heteroatoms. The van der Waals surface area contributed by atoms with Crippen LogP contribution < -0.4 is 16.2 Å². The summed E-state index contributed by atoms with van der Waals surface area (Å²) in [6.45, 7) is 0. The molecule has 0 radical (unpaired) electrons. The summed E-state index contributed by atoms with van der Waals surface area (Å²) in [6, 6.07) is 10.4. The van der Waals surface area contributed by atoms with Gasteiger partial charge in [0.05, 0.1) is 11.6 Å². The van der Waals surface area contributed by atoms with Gasteiger partial charge in [-0.25, -0.2) is 13.9 Å². The average Bonchev–Trinajstić information content (AvgIpc) is 2.61. The van der Waals surface area contributed by atoms with Gasteiger partial charge in [0.25, 0.3) is 0 Å². The molecule has 3 N–H and O–H groups in total. The van der Waals surface area contributed by atoms with Crippen molar-refractivity contribution in [1.82, 2.24) is 15.2 Å². The Bertz CT molecular complexity index is 1040. The van der Waals surface area contributed by atoms with Gasteiger partial charge in [-0.05, 0) is 36.4 Å². The third kappa shape index (κ3) is 3.84. The number of nitrogens with one attached hydrogen (secondary N) is 3. The van der Waals surface area contributed by atoms with Crippen LogP contribution in [0, 0.1) is 23.0 Å². The van der Waals surface area contributed by atoms with Crippen molar-refractivity contribution in [2.75, 3.05) is 10.6 Å². The molecule has 0 saturated heterocycles. The first-order valence-corrected chi connectivity index (χ1v) is 7.91. The number of aromatic amines is 1. The molecule has 7 nitrogen and oxygen atoms in total. The lowest BCUT2D eigenvalue weighted by atomic mass is 10.2. The van der Waals surface area contributed by atoms with E-state index in [0.29, 0.717) is 11.3 Å². The van der Waals surface area contributed by atoms with E-state index < -0.39 is 22.9 Å². The molecule has 0 amide bonds. The molecule has 1 aromatic heterocycles. The number of anilines is 4. The van der Waals surface area contributed by atoms with Crippen molar-refractivity contribution < 1.29 is 8.78 Å². The molecular weight excluding hydrogens is 410 g/mol. The minimum atomic E-state index is -0.853. The summed E-state index contributed by atoms with van der Waals surface area (Å²) < 4.78 is 28.0. The molecule has 0 aliphatic carbocycles. The maximum Gasteiger partial charge on any atom is 0.307 e. The van der Waals surface area contributed by atoms with Crippen LogP contribution in [0.3, 0.4) is 0 Å². The normalized spacial score (nSPS) is 10.2. The molecule has 3 rings (SSSR count). The first-order chi connectivity index (χ1) is 12.5. The second-order valence-corrected chi connectivity index (χ2v) is 5.94. The van der Waals surface area contributed by atoms with Crippen molar-refractivity contribution >= 4 is 39.1 Å². The number of nitrogens with zero attached hydrogens (tertiary/aromatic N) is 3. The third-order valence-corrected chi connectivity index (χ3v) is 3.67. The van der Waals surface area contributed by atoms with Crippen molar-refractivity contribution in [3.8, 4) is 6.07 Å². The first kappa shape index (κ1) is 17.5. The maximum atomic E-state index is 13.9. The standard InChI is InChI=1S/C16H9BrF2N6O/c17-9-5-11(18)13(12(19)6-9)22-16-23-14(15(26)24-25-16)21-10-3-1-8(7-20)2-4-10/h1-6H,(H,24,26)(H2,21,22,23,25). The van der Waals surface area contributed by atoms with E-state index in [1.165, 1.54) is 0 Å². The highest BCUT2D eigenvalue weighted by atomic mass is 79.9. The van der Waals surface area contributed by atoms with E-state index >= 15 is 0 Å². The fourth-order valence-corrected chi connectivity index (χ4v) is 2.42. The molecule has 2 aromatic carbocycles. The Morgan fingerprint density at radius 3 is 2.38 bits per heavy atom. The molecule has 0 fully saturated rings. The SMILES string of the molecule is N#Cc1ccc(Nc2nc(Nc3c(F)cc(Br)cc3F)n[nH]c2=O)cc1. The molecule has 0 unspecified atom stereocenters. The molecule has 0 atom stereocenters. The van der Waals surface area contributed by atoms with Crippen LogP contribution in [-0.2, 0) is 0 Å². The van der Waals surface area contributed by atoms with E-state index in [-0.39, 0.29) is 16.2 Å². The number of rotatable bonds is 4. The fourth-order valence-electron chi connectivity index (χ4n) is 2.02. The van der Waals surface area contributed by atoms with Gasteiger partial charge in [-0.15, -0.1) is 5.10 Å². The van der Waals surface area contributed by atoms with Crippen molar-refractivity contribution in [3.05, 3.63) is 68.4 Å². The zero-order chi connectivity index (χ0) is 18.7. The predicted molar refractivity (Wildman–Crippen MR) is 94.4 cm³/mol. The Morgan fingerprint density at radius 1 is 1.12 bits per heavy atom. The second-order valence-electron chi connectivity index (χ2n) is 5.02. The first-order valence-electron chi connectivity index (χ1n) is 7.12. The van der Waals surface area contributed by atoms with Gasteiger partial charge in [-0.2, -0.15) is 10.2 Å². The van der Waals surface area contributed by atoms with Gasteiger partial charge in [0.1, 0.15) is 5.69 Å². The monoisotopic (exact) mass is 418 g/mol. The summed E-state index contributed by atoms with van der Waals surface area (Å²) in [5, 5.41) is 19.7. The number of hydrogen-bond donors (Lipinski definition) is 3. The number of hydrogen-bond acceptors (Lipinski definition) is 6. The maximum absolute atomic E-state index is 13.9. The highest BCUT2D eigenvalue weighted by Gasteiger charge is 2.13. The molecule has 0 aliphatic rings. The van der Waals surface area contributed by atoms with Crippen LogP contribution in [0.25, 0.3) is 0 Å². The number of H-pyrrole nitrogens is 1. The second kappa shape index (κ2) is 7.28. The van der Waals surface area contributed by atoms with Crippen LogP contribution in [-0.4, -0.2) is 15.2 Å². The van der Waals surface area contributed by atoms with E-state index in [4.69, 9.17) is 5.26 Å². The van der Waals surface area contributed by atoms with Gasteiger partial charge >= 0.3 is 5.56 Å². The van der Waals surface area contributed by atoms with E-state index in [9.17, 15) is 13.6 Å². The molecule has 0 aliphatic heterocycles. The van der Waals surface area contributed by atoms with E-state index in [1.807, 2.05) is 6.07 Å². The number of nitriles is 1. The molecular formula is C16H9BrF2N6O. The minimum absolute atomic E-state index is 0.134. The Morgan fingerprint density at radius 2 is 1.77 bits per heavy atom. The number of aromatic nitrogens is 3. The zero-order valence-corrected chi connectivity index (χ0v) is 14.4. The van der Waals surface area contributed by atoms with Crippen molar-refractivity contribution in [3.63, 3.8) is 0 Å². The van der Waals surface area contributed by atoms with Crippen LogP contribution in [0.5, 0.6) is 0 Å². The predicted octanol–water partition coefficient (Wildman–Crippen LogP) is 3.56. The Hall–Kier alpha value is -3.32. The highest BCUT2D eigenvalue weighted by Crippen LogP contribution is 2.25. The number of halogens is 3. The van der Waals surface area contributed by atoms with Crippen LogP contribution in [0.1, 0.15) is 5.56 Å². The highest BCUT2D eigenvalue weighted by molar-refractivity contribution is 9.10. The average molecular weight is 419 g/mol. The number of benzene rings is 2. The lowest BCUT2D eigenvalue weighted by Gasteiger charge is -2.09. The Labute approximate surface area is 153 Å². The summed E-state index contributed by atoms with van der Waals surface area (Å²) in [4.78, 5) is 15.8. The van der Waals surface area contributed by atoms with Gasteiger partial charge < -0.3 is 10.6 Å². The van der Waals surface area contributed by atoms with Gasteiger partial charge in [-0.3, -0.25) is 4.79 Å². The summed E-state index contributed by atoms with van der Waals surface area (Å²) >= 11 is 2.98. The van der Waals surface area contributed by atoms with Gasteiger partial charge in [0, 0.05) is 10.2 Å². The largest absolute Gasteiger partial charge is 0.335 e. The van der Waals surface area contributed by atoms with Crippen molar-refractivity contribution in [2.45, 2.75) is 0 Å². The zero-order valence-electron chi connectivity index (χ0n) is 12.8. The van der Waals surface area contributed by atoms with Gasteiger partial charge in [0.15, 0.2) is 11.6 Å². The third-order valence-electron chi connectivity index (χ3n) is 3.22. The van der Waals surface area contributed by atoms with Crippen LogP contribution in [0.15, 0.2) is 45.7 Å². The molecule has 26 heavy (non-hydrogen) atoms. The van der Waals surface area contributed by atoms with Crippen molar-refractivity contribution in [1.29, 1.82) is 5.26 Å². The van der Waals surface area contributed by atoms with E-state index in [1.54, 1.807) is 24.3 Å².